The maximum atomic E-state index is 11.7. The van der Waals surface area contributed by atoms with Crippen molar-refractivity contribution in [1.29, 1.82) is 0 Å². The van der Waals surface area contributed by atoms with Gasteiger partial charge in [-0.1, -0.05) is 35.4 Å². The molecule has 0 radical (unpaired) electrons. The van der Waals surface area contributed by atoms with E-state index >= 15 is 0 Å². The van der Waals surface area contributed by atoms with Crippen molar-refractivity contribution in [3.8, 4) is 0 Å². The Balaban J connectivity index is 1.82. The Morgan fingerprint density at radius 1 is 1.23 bits per heavy atom. The number of amides is 1. The number of thioether (sulfide) groups is 1. The lowest BCUT2D eigenvalue weighted by atomic mass is 10.1. The molecule has 114 valence electrons. The van der Waals surface area contributed by atoms with Crippen molar-refractivity contribution in [3.63, 3.8) is 0 Å². The number of benzene rings is 2. The topological polar surface area (TPSA) is 41.5 Å². The first kappa shape index (κ1) is 16.6. The first-order chi connectivity index (χ1) is 10.5. The van der Waals surface area contributed by atoms with Crippen LogP contribution < -0.4 is 5.43 Å². The lowest BCUT2D eigenvalue weighted by Gasteiger charge is -2.02. The summed E-state index contributed by atoms with van der Waals surface area (Å²) in [6, 6.07) is 13.5. The van der Waals surface area contributed by atoms with Gasteiger partial charge < -0.3 is 0 Å². The van der Waals surface area contributed by atoms with E-state index in [1.165, 1.54) is 17.3 Å². The zero-order valence-corrected chi connectivity index (χ0v) is 14.0. The van der Waals surface area contributed by atoms with Crippen LogP contribution in [0.4, 0.5) is 0 Å². The highest BCUT2D eigenvalue weighted by Crippen LogP contribution is 2.19. The molecule has 2 aromatic carbocycles. The van der Waals surface area contributed by atoms with E-state index in [9.17, 15) is 4.79 Å². The Hall–Kier alpha value is -1.78. The van der Waals surface area contributed by atoms with Crippen LogP contribution >= 0.6 is 23.4 Å². The highest BCUT2D eigenvalue weighted by molar-refractivity contribution is 8.00. The summed E-state index contributed by atoms with van der Waals surface area (Å²) in [5.41, 5.74) is 5.87. The van der Waals surface area contributed by atoms with E-state index in [0.717, 1.165) is 16.0 Å². The standard InChI is InChI=1S/C17H17ClN2OS/c1-12-3-4-14(13(2)9-12)10-19-20-17(21)11-22-16-7-5-15(18)6-8-16/h3-10H,11H2,1-2H3,(H,20,21)/b19-10-. The predicted octanol–water partition coefficient (Wildman–Crippen LogP) is 4.20. The predicted molar refractivity (Wildman–Crippen MR) is 93.8 cm³/mol. The van der Waals surface area contributed by atoms with E-state index in [2.05, 4.69) is 16.6 Å². The van der Waals surface area contributed by atoms with Gasteiger partial charge in [-0.05, 0) is 49.2 Å². The minimum atomic E-state index is -0.138. The third-order valence-electron chi connectivity index (χ3n) is 3.00. The van der Waals surface area contributed by atoms with Gasteiger partial charge in [0.25, 0.3) is 0 Å². The molecule has 0 heterocycles. The SMILES string of the molecule is Cc1ccc(/C=N\NC(=O)CSc2ccc(Cl)cc2)c(C)c1. The number of aryl methyl sites for hydroxylation is 2. The van der Waals surface area contributed by atoms with Crippen LogP contribution in [0.25, 0.3) is 0 Å². The van der Waals surface area contributed by atoms with Crippen LogP contribution in [0, 0.1) is 13.8 Å². The zero-order valence-electron chi connectivity index (χ0n) is 12.5. The normalized spacial score (nSPS) is 10.9. The highest BCUT2D eigenvalue weighted by Gasteiger charge is 2.02. The van der Waals surface area contributed by atoms with Gasteiger partial charge in [-0.2, -0.15) is 5.10 Å². The molecular weight excluding hydrogens is 316 g/mol. The number of carbonyl (C=O) groups excluding carboxylic acids is 1. The summed E-state index contributed by atoms with van der Waals surface area (Å²) in [6.45, 7) is 4.07. The molecule has 0 aliphatic rings. The van der Waals surface area contributed by atoms with Crippen LogP contribution in [0.1, 0.15) is 16.7 Å². The Kier molecular flexibility index (Phi) is 6.04. The van der Waals surface area contributed by atoms with E-state index in [1.807, 2.05) is 38.1 Å². The number of hydrazone groups is 1. The molecule has 0 aliphatic heterocycles. The van der Waals surface area contributed by atoms with Gasteiger partial charge in [0.15, 0.2) is 0 Å². The van der Waals surface area contributed by atoms with E-state index < -0.39 is 0 Å². The van der Waals surface area contributed by atoms with Crippen molar-refractivity contribution in [2.75, 3.05) is 5.75 Å². The van der Waals surface area contributed by atoms with Crippen LogP contribution in [-0.4, -0.2) is 17.9 Å². The Bertz CT molecular complexity index is 684. The average molecular weight is 333 g/mol. The van der Waals surface area contributed by atoms with E-state index in [0.29, 0.717) is 10.8 Å². The van der Waals surface area contributed by atoms with Crippen LogP contribution in [0.5, 0.6) is 0 Å². The number of nitrogens with zero attached hydrogens (tertiary/aromatic N) is 1. The van der Waals surface area contributed by atoms with E-state index in [4.69, 9.17) is 11.6 Å². The first-order valence-electron chi connectivity index (χ1n) is 6.82. The second-order valence-corrected chi connectivity index (χ2v) is 6.38. The molecule has 0 saturated heterocycles. The molecule has 1 amide bonds. The van der Waals surface area contributed by atoms with Crippen LogP contribution in [0.2, 0.25) is 5.02 Å². The van der Waals surface area contributed by atoms with Gasteiger partial charge in [-0.25, -0.2) is 5.43 Å². The van der Waals surface area contributed by atoms with Crippen molar-refractivity contribution in [3.05, 3.63) is 64.2 Å². The molecular formula is C17H17ClN2OS. The Morgan fingerprint density at radius 2 is 1.95 bits per heavy atom. The summed E-state index contributed by atoms with van der Waals surface area (Å²) in [4.78, 5) is 12.7. The maximum absolute atomic E-state index is 11.7. The lowest BCUT2D eigenvalue weighted by Crippen LogP contribution is -2.19. The number of hydrogen-bond donors (Lipinski definition) is 1. The summed E-state index contributed by atoms with van der Waals surface area (Å²) in [5.74, 6) is 0.173. The molecule has 22 heavy (non-hydrogen) atoms. The van der Waals surface area contributed by atoms with Crippen LogP contribution in [0.15, 0.2) is 52.5 Å². The third kappa shape index (κ3) is 5.20. The highest BCUT2D eigenvalue weighted by atomic mass is 35.5. The molecule has 2 aromatic rings. The molecule has 0 aromatic heterocycles. The summed E-state index contributed by atoms with van der Waals surface area (Å²) in [5, 5.41) is 4.69. The fourth-order valence-corrected chi connectivity index (χ4v) is 2.67. The Labute approximate surface area is 139 Å². The molecule has 0 fully saturated rings. The number of rotatable bonds is 5. The monoisotopic (exact) mass is 332 g/mol. The minimum Gasteiger partial charge on any atom is -0.272 e. The Morgan fingerprint density at radius 3 is 2.64 bits per heavy atom. The number of nitrogens with one attached hydrogen (secondary N) is 1. The molecule has 0 spiro atoms. The second-order valence-electron chi connectivity index (χ2n) is 4.90. The largest absolute Gasteiger partial charge is 0.272 e. The number of carbonyl (C=O) groups is 1. The van der Waals surface area contributed by atoms with Crippen molar-refractivity contribution in [2.45, 2.75) is 18.7 Å². The van der Waals surface area contributed by atoms with Gasteiger partial charge in [0.05, 0.1) is 12.0 Å². The molecule has 0 bridgehead atoms. The molecule has 5 heteroatoms. The molecule has 1 N–H and O–H groups in total. The summed E-state index contributed by atoms with van der Waals surface area (Å²) in [7, 11) is 0. The molecule has 0 unspecified atom stereocenters. The van der Waals surface area contributed by atoms with Gasteiger partial charge in [-0.3, -0.25) is 4.79 Å². The zero-order chi connectivity index (χ0) is 15.9. The smallest absolute Gasteiger partial charge is 0.250 e. The first-order valence-corrected chi connectivity index (χ1v) is 8.18. The molecule has 2 rings (SSSR count). The number of halogens is 1. The summed E-state index contributed by atoms with van der Waals surface area (Å²) in [6.07, 6.45) is 1.67. The van der Waals surface area contributed by atoms with Crippen molar-refractivity contribution in [2.24, 2.45) is 5.10 Å². The minimum absolute atomic E-state index is 0.138. The van der Waals surface area contributed by atoms with Gasteiger partial charge in [0.2, 0.25) is 5.91 Å². The third-order valence-corrected chi connectivity index (χ3v) is 4.27. The average Bonchev–Trinajstić information content (AvgIpc) is 2.49. The van der Waals surface area contributed by atoms with Gasteiger partial charge >= 0.3 is 0 Å². The quantitative estimate of drug-likeness (QED) is 0.506. The summed E-state index contributed by atoms with van der Waals surface area (Å²) < 4.78 is 0. The maximum Gasteiger partial charge on any atom is 0.250 e. The van der Waals surface area contributed by atoms with Crippen molar-refractivity contribution >= 4 is 35.5 Å². The van der Waals surface area contributed by atoms with Crippen molar-refractivity contribution in [1.82, 2.24) is 5.43 Å². The second kappa shape index (κ2) is 8.01. The van der Waals surface area contributed by atoms with E-state index in [1.54, 1.807) is 18.3 Å². The molecule has 0 saturated carbocycles. The van der Waals surface area contributed by atoms with Crippen LogP contribution in [-0.2, 0) is 4.79 Å². The van der Waals surface area contributed by atoms with E-state index in [-0.39, 0.29) is 5.91 Å². The molecule has 3 nitrogen and oxygen atoms in total. The van der Waals surface area contributed by atoms with Crippen molar-refractivity contribution < 1.29 is 4.79 Å². The van der Waals surface area contributed by atoms with Gasteiger partial charge in [0, 0.05) is 9.92 Å². The fraction of sp³-hybridized carbons (Fsp3) is 0.176. The fourth-order valence-electron chi connectivity index (χ4n) is 1.86. The number of hydrogen-bond acceptors (Lipinski definition) is 3. The summed E-state index contributed by atoms with van der Waals surface area (Å²) >= 11 is 7.26. The molecule has 0 atom stereocenters. The van der Waals surface area contributed by atoms with Gasteiger partial charge in [0.1, 0.15) is 0 Å². The van der Waals surface area contributed by atoms with Crippen LogP contribution in [0.3, 0.4) is 0 Å². The lowest BCUT2D eigenvalue weighted by molar-refractivity contribution is -0.118. The molecule has 0 aliphatic carbocycles. The van der Waals surface area contributed by atoms with Gasteiger partial charge in [-0.15, -0.1) is 11.8 Å².